The maximum Gasteiger partial charge on any atom is 0.354 e. The van der Waals surface area contributed by atoms with Crippen molar-refractivity contribution in [1.82, 2.24) is 20.1 Å². The number of carboxylic acid groups (broad SMARTS) is 2. The molecule has 1 aliphatic carbocycles. The van der Waals surface area contributed by atoms with Gasteiger partial charge in [-0.25, -0.2) is 4.79 Å². The zero-order valence-electron chi connectivity index (χ0n) is 17.7. The number of hydrogen-bond donors (Lipinski definition) is 3. The lowest BCUT2D eigenvalue weighted by atomic mass is 9.90. The Balaban J connectivity index is 0.000000668. The van der Waals surface area contributed by atoms with E-state index in [-0.39, 0.29) is 0 Å². The molecule has 0 radical (unpaired) electrons. The van der Waals surface area contributed by atoms with Crippen LogP contribution in [-0.4, -0.2) is 43.5 Å². The molecule has 4 rings (SSSR count). The molecule has 0 spiro atoms. The van der Waals surface area contributed by atoms with Crippen molar-refractivity contribution in [3.05, 3.63) is 70.1 Å². The van der Waals surface area contributed by atoms with Crippen molar-refractivity contribution in [2.75, 3.05) is 6.54 Å². The summed E-state index contributed by atoms with van der Waals surface area (Å²) in [6, 6.07) is 9.65. The van der Waals surface area contributed by atoms with Crippen molar-refractivity contribution in [1.29, 1.82) is 0 Å². The molecule has 0 aliphatic heterocycles. The summed E-state index contributed by atoms with van der Waals surface area (Å²) in [6.45, 7) is 3.16. The first-order valence-electron chi connectivity index (χ1n) is 10.3. The number of rotatable bonds is 7. The average Bonchev–Trinajstić information content (AvgIpc) is 3.13. The Morgan fingerprint density at radius 2 is 1.88 bits per heavy atom. The first-order valence-corrected chi connectivity index (χ1v) is 10.7. The van der Waals surface area contributed by atoms with Crippen molar-refractivity contribution in [3.8, 4) is 11.3 Å². The van der Waals surface area contributed by atoms with Crippen LogP contribution in [0, 0.1) is 0 Å². The molecule has 0 fully saturated rings. The van der Waals surface area contributed by atoms with E-state index in [1.165, 1.54) is 0 Å². The summed E-state index contributed by atoms with van der Waals surface area (Å²) >= 11 is 5.90. The number of aryl methyl sites for hydroxylation is 2. The molecule has 3 N–H and O–H groups in total. The Morgan fingerprint density at radius 3 is 2.56 bits per heavy atom. The Hall–Kier alpha value is -3.23. The van der Waals surface area contributed by atoms with E-state index in [1.54, 1.807) is 10.9 Å². The van der Waals surface area contributed by atoms with E-state index in [4.69, 9.17) is 21.5 Å². The number of nitrogens with one attached hydrogen (secondary N) is 1. The average molecular weight is 457 g/mol. The number of aromatic carboxylic acids is 1. The summed E-state index contributed by atoms with van der Waals surface area (Å²) in [5.74, 6) is -1.75. The quantitative estimate of drug-likeness (QED) is 0.464. The van der Waals surface area contributed by atoms with Gasteiger partial charge in [0.25, 0.3) is 5.97 Å². The number of fused-ring (bicyclic) bond motifs is 3. The SMILES string of the molecule is CC(=O)O.O=C(O)c1c2c(nn1CCCNCc1ccc(Cl)cc1)-c1ccncc1CC2. The Morgan fingerprint density at radius 1 is 1.16 bits per heavy atom. The molecule has 32 heavy (non-hydrogen) atoms. The molecule has 1 aliphatic rings. The van der Waals surface area contributed by atoms with E-state index < -0.39 is 11.9 Å². The van der Waals surface area contributed by atoms with Crippen LogP contribution in [0.2, 0.25) is 5.02 Å². The van der Waals surface area contributed by atoms with Crippen LogP contribution in [0.5, 0.6) is 0 Å². The van der Waals surface area contributed by atoms with Gasteiger partial charge in [0, 0.05) is 48.6 Å². The molecular weight excluding hydrogens is 432 g/mol. The van der Waals surface area contributed by atoms with Gasteiger partial charge in [0.2, 0.25) is 0 Å². The molecule has 0 saturated heterocycles. The fraction of sp³-hybridized carbons (Fsp3) is 0.304. The second-order valence-corrected chi connectivity index (χ2v) is 7.85. The molecular formula is C23H25ClN4O4. The summed E-state index contributed by atoms with van der Waals surface area (Å²) in [6.07, 6.45) is 5.85. The van der Waals surface area contributed by atoms with Crippen LogP contribution >= 0.6 is 11.6 Å². The topological polar surface area (TPSA) is 117 Å². The minimum absolute atomic E-state index is 0.315. The third-order valence-electron chi connectivity index (χ3n) is 5.02. The number of halogens is 1. The van der Waals surface area contributed by atoms with E-state index in [0.29, 0.717) is 18.7 Å². The summed E-state index contributed by atoms with van der Waals surface area (Å²) < 4.78 is 1.65. The lowest BCUT2D eigenvalue weighted by molar-refractivity contribution is -0.134. The molecule has 9 heteroatoms. The fourth-order valence-corrected chi connectivity index (χ4v) is 3.79. The van der Waals surface area contributed by atoms with Gasteiger partial charge in [0.05, 0.1) is 5.69 Å². The van der Waals surface area contributed by atoms with Crippen molar-refractivity contribution in [3.63, 3.8) is 0 Å². The smallest absolute Gasteiger partial charge is 0.354 e. The van der Waals surface area contributed by atoms with Gasteiger partial charge in [-0.3, -0.25) is 14.5 Å². The number of nitrogens with zero attached hydrogens (tertiary/aromatic N) is 3. The van der Waals surface area contributed by atoms with Crippen LogP contribution in [0.4, 0.5) is 0 Å². The summed E-state index contributed by atoms with van der Waals surface area (Å²) in [5.41, 5.74) is 5.22. The highest BCUT2D eigenvalue weighted by Crippen LogP contribution is 2.34. The standard InChI is InChI=1S/C21H21ClN4O2.C2H4O2/c22-16-5-2-14(3-6-16)12-23-9-1-11-26-20(21(27)28)18-7-4-15-13-24-10-8-17(15)19(18)25-26;1-2(3)4/h2-3,5-6,8,10,13,23H,1,4,7,9,11-12H2,(H,27,28);1H3,(H,3,4). The first kappa shape index (κ1) is 23.4. The third kappa shape index (κ3) is 5.93. The Kier molecular flexibility index (Phi) is 7.97. The van der Waals surface area contributed by atoms with Gasteiger partial charge < -0.3 is 15.5 Å². The van der Waals surface area contributed by atoms with Gasteiger partial charge in [-0.1, -0.05) is 23.7 Å². The zero-order chi connectivity index (χ0) is 23.1. The van der Waals surface area contributed by atoms with Crippen LogP contribution in [0.1, 0.15) is 40.5 Å². The second kappa shape index (κ2) is 10.9. The van der Waals surface area contributed by atoms with Gasteiger partial charge >= 0.3 is 5.97 Å². The van der Waals surface area contributed by atoms with Gasteiger partial charge in [0.1, 0.15) is 5.69 Å². The predicted molar refractivity (Wildman–Crippen MR) is 121 cm³/mol. The molecule has 3 aromatic rings. The highest BCUT2D eigenvalue weighted by molar-refractivity contribution is 6.30. The predicted octanol–water partition coefficient (Wildman–Crippen LogP) is 3.67. The molecule has 2 heterocycles. The summed E-state index contributed by atoms with van der Waals surface area (Å²) in [4.78, 5) is 25.0. The van der Waals surface area contributed by atoms with Crippen LogP contribution in [-0.2, 0) is 30.7 Å². The number of hydrogen-bond acceptors (Lipinski definition) is 5. The van der Waals surface area contributed by atoms with Crippen molar-refractivity contribution >= 4 is 23.5 Å². The summed E-state index contributed by atoms with van der Waals surface area (Å²) in [5, 5.41) is 25.9. The molecule has 0 atom stereocenters. The second-order valence-electron chi connectivity index (χ2n) is 7.41. The number of carbonyl (C=O) groups is 2. The van der Waals surface area contributed by atoms with Gasteiger partial charge in [-0.05, 0) is 55.1 Å². The van der Waals surface area contributed by atoms with Crippen LogP contribution in [0.15, 0.2) is 42.7 Å². The highest BCUT2D eigenvalue weighted by Gasteiger charge is 2.27. The number of aromatic nitrogens is 3. The number of pyridine rings is 1. The lowest BCUT2D eigenvalue weighted by Crippen LogP contribution is -2.18. The van der Waals surface area contributed by atoms with Crippen LogP contribution in [0.3, 0.4) is 0 Å². The Bertz CT molecular complexity index is 1090. The maximum absolute atomic E-state index is 11.9. The van der Waals surface area contributed by atoms with E-state index in [2.05, 4.69) is 15.4 Å². The fourth-order valence-electron chi connectivity index (χ4n) is 3.66. The van der Waals surface area contributed by atoms with Gasteiger partial charge in [-0.15, -0.1) is 0 Å². The molecule has 0 bridgehead atoms. The molecule has 2 aromatic heterocycles. The number of benzene rings is 1. The highest BCUT2D eigenvalue weighted by atomic mass is 35.5. The van der Waals surface area contributed by atoms with Crippen molar-refractivity contribution in [2.45, 2.75) is 39.3 Å². The number of carboxylic acids is 2. The van der Waals surface area contributed by atoms with Crippen LogP contribution in [0.25, 0.3) is 11.3 Å². The molecule has 0 unspecified atom stereocenters. The van der Waals surface area contributed by atoms with E-state index in [9.17, 15) is 9.90 Å². The van der Waals surface area contributed by atoms with Gasteiger partial charge in [0.15, 0.2) is 0 Å². The lowest BCUT2D eigenvalue weighted by Gasteiger charge is -2.14. The van der Waals surface area contributed by atoms with E-state index in [0.717, 1.165) is 65.8 Å². The maximum atomic E-state index is 11.9. The van der Waals surface area contributed by atoms with Gasteiger partial charge in [-0.2, -0.15) is 5.10 Å². The van der Waals surface area contributed by atoms with E-state index in [1.807, 2.05) is 36.5 Å². The molecule has 1 aromatic carbocycles. The molecule has 8 nitrogen and oxygen atoms in total. The minimum atomic E-state index is -0.916. The zero-order valence-corrected chi connectivity index (χ0v) is 18.5. The largest absolute Gasteiger partial charge is 0.481 e. The summed E-state index contributed by atoms with van der Waals surface area (Å²) in [7, 11) is 0. The monoisotopic (exact) mass is 456 g/mol. The van der Waals surface area contributed by atoms with Crippen molar-refractivity contribution < 1.29 is 19.8 Å². The molecule has 0 saturated carbocycles. The first-order chi connectivity index (χ1) is 15.4. The number of aliphatic carboxylic acids is 1. The van der Waals surface area contributed by atoms with E-state index >= 15 is 0 Å². The Labute approximate surface area is 190 Å². The minimum Gasteiger partial charge on any atom is -0.481 e. The normalized spacial score (nSPS) is 11.7. The molecule has 0 amide bonds. The van der Waals surface area contributed by atoms with Crippen LogP contribution < -0.4 is 5.32 Å². The molecule has 168 valence electrons. The van der Waals surface area contributed by atoms with Crippen molar-refractivity contribution in [2.24, 2.45) is 0 Å². The third-order valence-corrected chi connectivity index (χ3v) is 5.27.